The van der Waals surface area contributed by atoms with Crippen molar-refractivity contribution in [1.29, 1.82) is 0 Å². The van der Waals surface area contributed by atoms with E-state index in [1.807, 2.05) is 45.0 Å². The molecule has 3 atom stereocenters. The maximum atomic E-state index is 13.4. The molecule has 1 aromatic carbocycles. The highest BCUT2D eigenvalue weighted by Gasteiger charge is 2.36. The van der Waals surface area contributed by atoms with Gasteiger partial charge in [-0.05, 0) is 61.4 Å². The molecule has 0 aliphatic rings. The van der Waals surface area contributed by atoms with Crippen molar-refractivity contribution in [3.05, 3.63) is 54.4 Å². The Bertz CT molecular complexity index is 960. The summed E-state index contributed by atoms with van der Waals surface area (Å²) in [5, 5.41) is 16.1. The third kappa shape index (κ3) is 8.36. The van der Waals surface area contributed by atoms with Gasteiger partial charge in [-0.25, -0.2) is 5.06 Å². The van der Waals surface area contributed by atoms with E-state index in [4.69, 9.17) is 4.74 Å². The Hall–Kier alpha value is -3.46. The highest BCUT2D eigenvalue weighted by Crippen LogP contribution is 2.24. The number of anilines is 1. The molecule has 1 aromatic heterocycles. The Labute approximate surface area is 206 Å². The fraction of sp³-hybridized carbons (Fsp3) is 0.462. The molecule has 0 aliphatic heterocycles. The topological polar surface area (TPSA) is 121 Å². The molecule has 0 unspecified atom stereocenters. The number of hydrogen-bond acceptors (Lipinski definition) is 6. The van der Waals surface area contributed by atoms with Crippen LogP contribution in [-0.4, -0.2) is 52.7 Å². The van der Waals surface area contributed by atoms with E-state index >= 15 is 0 Å². The number of carbonyl (C=O) groups excluding carboxylic acids is 3. The van der Waals surface area contributed by atoms with E-state index in [9.17, 15) is 19.6 Å². The van der Waals surface area contributed by atoms with Crippen LogP contribution >= 0.6 is 0 Å². The lowest BCUT2D eigenvalue weighted by atomic mass is 9.84. The molecule has 2 aromatic rings. The summed E-state index contributed by atoms with van der Waals surface area (Å²) in [6.07, 6.45) is 5.16. The van der Waals surface area contributed by atoms with Crippen molar-refractivity contribution < 1.29 is 24.3 Å². The summed E-state index contributed by atoms with van der Waals surface area (Å²) in [4.78, 5) is 41.6. The summed E-state index contributed by atoms with van der Waals surface area (Å²) < 4.78 is 5.18. The summed E-state index contributed by atoms with van der Waals surface area (Å²) >= 11 is 0. The number of rotatable bonds is 12. The third-order valence-electron chi connectivity index (χ3n) is 5.93. The van der Waals surface area contributed by atoms with Crippen LogP contribution in [0.1, 0.15) is 46.1 Å². The van der Waals surface area contributed by atoms with Crippen LogP contribution in [0.5, 0.6) is 5.75 Å². The molecule has 3 amide bonds. The van der Waals surface area contributed by atoms with Gasteiger partial charge in [0.2, 0.25) is 18.2 Å². The average Bonchev–Trinajstić information content (AvgIpc) is 2.84. The number of aryl methyl sites for hydroxylation is 1. The smallest absolute Gasteiger partial charge is 0.247 e. The number of nitrogens with one attached hydrogen (secondary N) is 2. The molecule has 190 valence electrons. The molecule has 9 heteroatoms. The number of pyridine rings is 1. The summed E-state index contributed by atoms with van der Waals surface area (Å²) in [6, 6.07) is 9.46. The molecular weight excluding hydrogens is 448 g/mol. The van der Waals surface area contributed by atoms with Crippen molar-refractivity contribution in [2.24, 2.45) is 11.3 Å². The van der Waals surface area contributed by atoms with Gasteiger partial charge in [-0.2, -0.15) is 0 Å². The Balaban J connectivity index is 2.14. The SMILES string of the molecule is COc1ccc(CCC[C@@H](C(=O)N[C@H](C(=O)Nc2cccnc2)C(C)(C)C)[C@H](C)N(O)C=O)cc1. The van der Waals surface area contributed by atoms with Gasteiger partial charge in [0.15, 0.2) is 0 Å². The maximum absolute atomic E-state index is 13.4. The van der Waals surface area contributed by atoms with Gasteiger partial charge in [-0.3, -0.25) is 24.6 Å². The number of amides is 3. The summed E-state index contributed by atoms with van der Waals surface area (Å²) in [6.45, 7) is 7.17. The van der Waals surface area contributed by atoms with E-state index in [-0.39, 0.29) is 12.3 Å². The minimum Gasteiger partial charge on any atom is -0.497 e. The Morgan fingerprint density at radius 3 is 2.40 bits per heavy atom. The van der Waals surface area contributed by atoms with Crippen LogP contribution in [0.4, 0.5) is 5.69 Å². The zero-order chi connectivity index (χ0) is 26.0. The van der Waals surface area contributed by atoms with Gasteiger partial charge in [0.25, 0.3) is 0 Å². The zero-order valence-electron chi connectivity index (χ0n) is 21.0. The monoisotopic (exact) mass is 484 g/mol. The summed E-state index contributed by atoms with van der Waals surface area (Å²) in [7, 11) is 1.61. The molecule has 0 radical (unpaired) electrons. The Morgan fingerprint density at radius 2 is 1.86 bits per heavy atom. The number of benzene rings is 1. The molecule has 35 heavy (non-hydrogen) atoms. The van der Waals surface area contributed by atoms with Gasteiger partial charge < -0.3 is 15.4 Å². The van der Waals surface area contributed by atoms with E-state index < -0.39 is 29.3 Å². The first kappa shape index (κ1) is 27.8. The van der Waals surface area contributed by atoms with Crippen LogP contribution in [0, 0.1) is 11.3 Å². The van der Waals surface area contributed by atoms with Crippen LogP contribution in [0.3, 0.4) is 0 Å². The normalized spacial score (nSPS) is 13.8. The van der Waals surface area contributed by atoms with Crippen molar-refractivity contribution in [3.8, 4) is 5.75 Å². The lowest BCUT2D eigenvalue weighted by Gasteiger charge is -2.33. The second kappa shape index (κ2) is 12.9. The second-order valence-electron chi connectivity index (χ2n) is 9.61. The fourth-order valence-corrected chi connectivity index (χ4v) is 3.77. The first-order chi connectivity index (χ1) is 16.6. The van der Waals surface area contributed by atoms with Crippen LogP contribution in [0.2, 0.25) is 0 Å². The van der Waals surface area contributed by atoms with E-state index in [1.165, 1.54) is 6.20 Å². The largest absolute Gasteiger partial charge is 0.497 e. The van der Waals surface area contributed by atoms with Gasteiger partial charge in [0, 0.05) is 6.20 Å². The molecule has 0 bridgehead atoms. The first-order valence-corrected chi connectivity index (χ1v) is 11.6. The number of methoxy groups -OCH3 is 1. The van der Waals surface area contributed by atoms with Crippen molar-refractivity contribution >= 4 is 23.9 Å². The summed E-state index contributed by atoms with van der Waals surface area (Å²) in [5.74, 6) is -0.743. The zero-order valence-corrected chi connectivity index (χ0v) is 21.0. The number of aromatic nitrogens is 1. The molecule has 0 saturated heterocycles. The quantitative estimate of drug-likeness (QED) is 0.241. The highest BCUT2D eigenvalue weighted by atomic mass is 16.5. The van der Waals surface area contributed by atoms with Gasteiger partial charge in [-0.15, -0.1) is 0 Å². The van der Waals surface area contributed by atoms with E-state index in [0.29, 0.717) is 30.0 Å². The molecule has 1 heterocycles. The number of nitrogens with zero attached hydrogens (tertiary/aromatic N) is 2. The number of carbonyl (C=O) groups is 3. The van der Waals surface area contributed by atoms with Crippen LogP contribution < -0.4 is 15.4 Å². The first-order valence-electron chi connectivity index (χ1n) is 11.6. The van der Waals surface area contributed by atoms with Crippen molar-refractivity contribution in [3.63, 3.8) is 0 Å². The molecule has 0 spiro atoms. The minimum atomic E-state index is -0.852. The lowest BCUT2D eigenvalue weighted by molar-refractivity contribution is -0.166. The molecule has 0 saturated carbocycles. The fourth-order valence-electron chi connectivity index (χ4n) is 3.77. The van der Waals surface area contributed by atoms with Crippen LogP contribution in [-0.2, 0) is 20.8 Å². The minimum absolute atomic E-state index is 0.283. The van der Waals surface area contributed by atoms with E-state index in [2.05, 4.69) is 15.6 Å². The maximum Gasteiger partial charge on any atom is 0.247 e. The second-order valence-corrected chi connectivity index (χ2v) is 9.61. The van der Waals surface area contributed by atoms with Crippen molar-refractivity contribution in [1.82, 2.24) is 15.4 Å². The molecule has 9 nitrogen and oxygen atoms in total. The number of ether oxygens (including phenoxy) is 1. The van der Waals surface area contributed by atoms with Gasteiger partial charge in [0.05, 0.1) is 31.0 Å². The number of hydrogen-bond donors (Lipinski definition) is 3. The Morgan fingerprint density at radius 1 is 1.17 bits per heavy atom. The predicted molar refractivity (Wildman–Crippen MR) is 133 cm³/mol. The average molecular weight is 485 g/mol. The predicted octanol–water partition coefficient (Wildman–Crippen LogP) is 3.43. The lowest BCUT2D eigenvalue weighted by Crippen LogP contribution is -2.55. The molecular formula is C26H36N4O5. The highest BCUT2D eigenvalue weighted by molar-refractivity contribution is 5.98. The summed E-state index contributed by atoms with van der Waals surface area (Å²) in [5.41, 5.74) is 1.01. The van der Waals surface area contributed by atoms with Crippen molar-refractivity contribution in [2.45, 2.75) is 59.0 Å². The van der Waals surface area contributed by atoms with E-state index in [0.717, 1.165) is 11.3 Å². The molecule has 0 aliphatic carbocycles. The molecule has 3 N–H and O–H groups in total. The third-order valence-corrected chi connectivity index (χ3v) is 5.93. The Kier molecular flexibility index (Phi) is 10.2. The number of hydroxylamine groups is 2. The van der Waals surface area contributed by atoms with E-state index in [1.54, 1.807) is 32.4 Å². The van der Waals surface area contributed by atoms with Crippen LogP contribution in [0.15, 0.2) is 48.8 Å². The van der Waals surface area contributed by atoms with Crippen molar-refractivity contribution in [2.75, 3.05) is 12.4 Å². The van der Waals surface area contributed by atoms with Gasteiger partial charge in [0.1, 0.15) is 11.8 Å². The molecule has 0 fully saturated rings. The standard InChI is InChI=1S/C26H36N4O5/c1-18(30(34)17-31)22(10-6-8-19-11-13-21(35-5)14-12-19)24(32)29-23(26(2,3)4)25(33)28-20-9-7-15-27-16-20/h7,9,11-18,22-23,34H,6,8,10H2,1-5H3,(H,28,33)(H,29,32)/t18-,22+,23+/m0/s1. The molecule has 2 rings (SSSR count). The van der Waals surface area contributed by atoms with Gasteiger partial charge >= 0.3 is 0 Å². The van der Waals surface area contributed by atoms with Gasteiger partial charge in [-0.1, -0.05) is 32.9 Å². The van der Waals surface area contributed by atoms with Crippen LogP contribution in [0.25, 0.3) is 0 Å².